The molecule has 0 radical (unpaired) electrons. The Morgan fingerprint density at radius 2 is 2.20 bits per heavy atom. The van der Waals surface area contributed by atoms with E-state index in [4.69, 9.17) is 10.5 Å². The first-order valence-electron chi connectivity index (χ1n) is 2.72. The molecule has 1 N–H and O–H groups in total. The van der Waals surface area contributed by atoms with Crippen LogP contribution >= 0.6 is 0 Å². The summed E-state index contributed by atoms with van der Waals surface area (Å²) in [5.41, 5.74) is 2.32. The van der Waals surface area contributed by atoms with Crippen molar-refractivity contribution in [3.8, 4) is 12.1 Å². The zero-order chi connectivity index (χ0) is 7.82. The Bertz CT molecular complexity index is 180. The summed E-state index contributed by atoms with van der Waals surface area (Å²) in [6.45, 7) is 2.28. The number of allylic oxidation sites excluding steroid dienone is 1. The first-order valence-corrected chi connectivity index (χ1v) is 2.72. The number of nitrogens with one attached hydrogen (secondary N) is 1. The molecule has 0 saturated heterocycles. The van der Waals surface area contributed by atoms with Gasteiger partial charge in [-0.2, -0.15) is 10.5 Å². The van der Waals surface area contributed by atoms with Gasteiger partial charge in [-0.05, 0) is 6.92 Å². The summed E-state index contributed by atoms with van der Waals surface area (Å²) in [5.74, 6) is 0. The summed E-state index contributed by atoms with van der Waals surface area (Å²) in [6.07, 6.45) is 1.21. The molecule has 52 valence electrons. The van der Waals surface area contributed by atoms with Gasteiger partial charge >= 0.3 is 0 Å². The van der Waals surface area contributed by atoms with Crippen LogP contribution in [0.5, 0.6) is 0 Å². The van der Waals surface area contributed by atoms with E-state index in [2.05, 4.69) is 10.3 Å². The number of nitriles is 2. The molecule has 0 unspecified atom stereocenters. The van der Waals surface area contributed by atoms with E-state index >= 15 is 0 Å². The van der Waals surface area contributed by atoms with Crippen LogP contribution in [0.25, 0.3) is 0 Å². The molecule has 0 aliphatic carbocycles. The largest absolute Gasteiger partial charge is 0.277 e. The summed E-state index contributed by atoms with van der Waals surface area (Å²) in [5, 5.41) is 16.4. The summed E-state index contributed by atoms with van der Waals surface area (Å²) in [7, 11) is 0. The van der Waals surface area contributed by atoms with Crippen LogP contribution in [-0.2, 0) is 4.84 Å². The standard InChI is InChI=1S/C6H7N3O/c1-2-10-9-5-6(3-7)4-8/h5,9H,2H2,1H3. The van der Waals surface area contributed by atoms with Gasteiger partial charge in [-0.3, -0.25) is 10.3 Å². The molecule has 0 aromatic carbocycles. The highest BCUT2D eigenvalue weighted by Gasteiger charge is 1.87. The molecule has 0 spiro atoms. The fraction of sp³-hybridized carbons (Fsp3) is 0.333. The Kier molecular flexibility index (Phi) is 4.76. The van der Waals surface area contributed by atoms with E-state index in [-0.39, 0.29) is 5.57 Å². The monoisotopic (exact) mass is 137 g/mol. The molecule has 4 heteroatoms. The van der Waals surface area contributed by atoms with Gasteiger partial charge in [-0.25, -0.2) is 0 Å². The summed E-state index contributed by atoms with van der Waals surface area (Å²) in [6, 6.07) is 3.34. The Hall–Kier alpha value is -1.52. The van der Waals surface area contributed by atoms with Gasteiger partial charge in [0.2, 0.25) is 0 Å². The van der Waals surface area contributed by atoms with Crippen molar-refractivity contribution in [2.45, 2.75) is 6.92 Å². The minimum atomic E-state index is -0.00606. The van der Waals surface area contributed by atoms with Crippen LogP contribution in [0, 0.1) is 22.7 Å². The molecule has 0 bridgehead atoms. The van der Waals surface area contributed by atoms with E-state index in [1.54, 1.807) is 19.1 Å². The lowest BCUT2D eigenvalue weighted by molar-refractivity contribution is 0.0823. The van der Waals surface area contributed by atoms with E-state index in [0.717, 1.165) is 0 Å². The minimum Gasteiger partial charge on any atom is -0.277 e. The number of hydroxylamine groups is 1. The molecular formula is C6H7N3O. The average molecular weight is 137 g/mol. The summed E-state index contributed by atoms with van der Waals surface area (Å²) in [4.78, 5) is 4.64. The molecule has 0 saturated carbocycles. The maximum Gasteiger partial charge on any atom is 0.147 e. The summed E-state index contributed by atoms with van der Waals surface area (Å²) < 4.78 is 0. The Morgan fingerprint density at radius 3 is 2.60 bits per heavy atom. The topological polar surface area (TPSA) is 68.8 Å². The lowest BCUT2D eigenvalue weighted by Crippen LogP contribution is -2.06. The van der Waals surface area contributed by atoms with Crippen molar-refractivity contribution in [1.82, 2.24) is 5.48 Å². The van der Waals surface area contributed by atoms with Crippen LogP contribution < -0.4 is 5.48 Å². The Morgan fingerprint density at radius 1 is 1.60 bits per heavy atom. The highest BCUT2D eigenvalue weighted by Crippen LogP contribution is 1.83. The number of hydrogen-bond acceptors (Lipinski definition) is 4. The number of hydrogen-bond donors (Lipinski definition) is 1. The quantitative estimate of drug-likeness (QED) is 0.348. The molecule has 0 aromatic heterocycles. The molecule has 0 amide bonds. The zero-order valence-electron chi connectivity index (χ0n) is 5.59. The molecule has 0 fully saturated rings. The number of nitrogens with zero attached hydrogens (tertiary/aromatic N) is 2. The second kappa shape index (κ2) is 5.61. The van der Waals surface area contributed by atoms with E-state index in [1.807, 2.05) is 0 Å². The van der Waals surface area contributed by atoms with Crippen LogP contribution in [0.4, 0.5) is 0 Å². The van der Waals surface area contributed by atoms with Crippen molar-refractivity contribution in [1.29, 1.82) is 10.5 Å². The van der Waals surface area contributed by atoms with Gasteiger partial charge in [0, 0.05) is 0 Å². The molecule has 0 aliphatic rings. The van der Waals surface area contributed by atoms with Crippen molar-refractivity contribution in [3.63, 3.8) is 0 Å². The van der Waals surface area contributed by atoms with E-state index < -0.39 is 0 Å². The molecule has 0 atom stereocenters. The molecule has 10 heavy (non-hydrogen) atoms. The van der Waals surface area contributed by atoms with E-state index in [9.17, 15) is 0 Å². The van der Waals surface area contributed by atoms with Crippen molar-refractivity contribution >= 4 is 0 Å². The second-order valence-corrected chi connectivity index (χ2v) is 1.33. The Balaban J connectivity index is 3.71. The van der Waals surface area contributed by atoms with Gasteiger partial charge in [0.15, 0.2) is 0 Å². The minimum absolute atomic E-state index is 0.00606. The predicted octanol–water partition coefficient (Wildman–Crippen LogP) is 0.459. The molecule has 0 aliphatic heterocycles. The molecule has 0 heterocycles. The summed E-state index contributed by atoms with van der Waals surface area (Å²) >= 11 is 0. The van der Waals surface area contributed by atoms with Crippen molar-refractivity contribution in [3.05, 3.63) is 11.8 Å². The first-order chi connectivity index (χ1) is 4.85. The van der Waals surface area contributed by atoms with Gasteiger partial charge in [0.05, 0.1) is 12.8 Å². The van der Waals surface area contributed by atoms with Crippen LogP contribution in [-0.4, -0.2) is 6.61 Å². The van der Waals surface area contributed by atoms with Gasteiger partial charge in [-0.1, -0.05) is 0 Å². The first kappa shape index (κ1) is 8.48. The van der Waals surface area contributed by atoms with Gasteiger partial charge in [0.1, 0.15) is 17.7 Å². The molecule has 0 aromatic rings. The zero-order valence-corrected chi connectivity index (χ0v) is 5.59. The fourth-order valence-corrected chi connectivity index (χ4v) is 0.273. The maximum atomic E-state index is 8.19. The smallest absolute Gasteiger partial charge is 0.147 e. The average Bonchev–Trinajstić information content (AvgIpc) is 1.99. The Labute approximate surface area is 59.3 Å². The normalized spacial score (nSPS) is 7.10. The SMILES string of the molecule is CCONC=C(C#N)C#N. The van der Waals surface area contributed by atoms with Crippen molar-refractivity contribution in [2.75, 3.05) is 6.61 Å². The predicted molar refractivity (Wildman–Crippen MR) is 34.1 cm³/mol. The van der Waals surface area contributed by atoms with Gasteiger partial charge < -0.3 is 0 Å². The third-order valence-corrected chi connectivity index (χ3v) is 0.672. The molecular weight excluding hydrogens is 130 g/mol. The van der Waals surface area contributed by atoms with Crippen LogP contribution in [0.1, 0.15) is 6.92 Å². The highest BCUT2D eigenvalue weighted by molar-refractivity contribution is 5.33. The van der Waals surface area contributed by atoms with Crippen LogP contribution in [0.3, 0.4) is 0 Å². The molecule has 0 rings (SSSR count). The highest BCUT2D eigenvalue weighted by atomic mass is 16.6. The third-order valence-electron chi connectivity index (χ3n) is 0.672. The second-order valence-electron chi connectivity index (χ2n) is 1.33. The fourth-order valence-electron chi connectivity index (χ4n) is 0.273. The lowest BCUT2D eigenvalue weighted by atomic mass is 10.4. The van der Waals surface area contributed by atoms with E-state index in [1.165, 1.54) is 6.20 Å². The van der Waals surface area contributed by atoms with Gasteiger partial charge in [0.25, 0.3) is 0 Å². The maximum absolute atomic E-state index is 8.19. The molecule has 4 nitrogen and oxygen atoms in total. The van der Waals surface area contributed by atoms with Crippen molar-refractivity contribution < 1.29 is 4.84 Å². The van der Waals surface area contributed by atoms with Crippen LogP contribution in [0.15, 0.2) is 11.8 Å². The number of rotatable bonds is 3. The lowest BCUT2D eigenvalue weighted by Gasteiger charge is -1.94. The van der Waals surface area contributed by atoms with Crippen LogP contribution in [0.2, 0.25) is 0 Å². The van der Waals surface area contributed by atoms with E-state index in [0.29, 0.717) is 6.61 Å². The third kappa shape index (κ3) is 3.48. The van der Waals surface area contributed by atoms with Crippen molar-refractivity contribution in [2.24, 2.45) is 0 Å². The van der Waals surface area contributed by atoms with Gasteiger partial charge in [-0.15, -0.1) is 0 Å².